The van der Waals surface area contributed by atoms with E-state index in [1.54, 1.807) is 36.7 Å². The molecule has 27 heavy (non-hydrogen) atoms. The zero-order valence-electron chi connectivity index (χ0n) is 14.7. The highest BCUT2D eigenvalue weighted by Gasteiger charge is 2.16. The van der Waals surface area contributed by atoms with Crippen LogP contribution in [0.3, 0.4) is 0 Å². The van der Waals surface area contributed by atoms with Gasteiger partial charge in [0, 0.05) is 18.5 Å². The summed E-state index contributed by atoms with van der Waals surface area (Å²) in [6, 6.07) is 12.6. The van der Waals surface area contributed by atoms with Gasteiger partial charge in [-0.05, 0) is 42.4 Å². The number of hydrogen-bond donors (Lipinski definition) is 0. The summed E-state index contributed by atoms with van der Waals surface area (Å²) < 4.78 is 6.63. The molecule has 134 valence electrons. The van der Waals surface area contributed by atoms with Crippen LogP contribution >= 0.6 is 11.8 Å². The van der Waals surface area contributed by atoms with Crippen LogP contribution in [-0.2, 0) is 0 Å². The van der Waals surface area contributed by atoms with Crippen LogP contribution in [0.15, 0.2) is 70.0 Å². The van der Waals surface area contributed by atoms with Gasteiger partial charge in [0.2, 0.25) is 5.88 Å². The van der Waals surface area contributed by atoms with Crippen LogP contribution in [0.5, 0.6) is 5.88 Å². The molecule has 0 radical (unpaired) electrons. The van der Waals surface area contributed by atoms with Gasteiger partial charge in [-0.25, -0.2) is 19.5 Å². The van der Waals surface area contributed by atoms with Crippen LogP contribution in [0.25, 0.3) is 16.7 Å². The molecule has 0 fully saturated rings. The molecule has 0 aliphatic carbocycles. The Balaban J connectivity index is 1.93. The predicted molar refractivity (Wildman–Crippen MR) is 103 cm³/mol. The molecule has 3 heterocycles. The van der Waals surface area contributed by atoms with Crippen molar-refractivity contribution >= 4 is 22.7 Å². The summed E-state index contributed by atoms with van der Waals surface area (Å²) in [5, 5.41) is 1.39. The molecule has 0 aliphatic heterocycles. The molecule has 3 aromatic heterocycles. The lowest BCUT2D eigenvalue weighted by atomic mass is 10.2. The van der Waals surface area contributed by atoms with Crippen molar-refractivity contribution in [2.75, 3.05) is 7.11 Å². The number of ether oxygens (including phenoxy) is 1. The van der Waals surface area contributed by atoms with Crippen molar-refractivity contribution in [1.82, 2.24) is 24.5 Å². The highest BCUT2D eigenvalue weighted by molar-refractivity contribution is 7.99. The second kappa shape index (κ2) is 7.16. The van der Waals surface area contributed by atoms with Gasteiger partial charge in [-0.15, -0.1) is 0 Å². The normalized spacial score (nSPS) is 10.9. The molecule has 0 amide bonds. The maximum absolute atomic E-state index is 13.2. The van der Waals surface area contributed by atoms with Crippen molar-refractivity contribution in [2.45, 2.75) is 17.2 Å². The van der Waals surface area contributed by atoms with Crippen LogP contribution in [0.4, 0.5) is 0 Å². The summed E-state index contributed by atoms with van der Waals surface area (Å²) in [5.74, 6) is 0.935. The van der Waals surface area contributed by atoms with Crippen molar-refractivity contribution in [3.8, 4) is 11.7 Å². The number of para-hydroxylation sites is 1. The number of methoxy groups -OCH3 is 1. The van der Waals surface area contributed by atoms with Gasteiger partial charge in [0.05, 0.1) is 18.0 Å². The molecule has 0 bridgehead atoms. The van der Waals surface area contributed by atoms with Gasteiger partial charge >= 0.3 is 0 Å². The molecule has 1 aromatic carbocycles. The molecule has 4 aromatic rings. The smallest absolute Gasteiger partial charge is 0.267 e. The Morgan fingerprint density at radius 3 is 2.67 bits per heavy atom. The highest BCUT2D eigenvalue weighted by atomic mass is 32.2. The molecule has 0 aliphatic rings. The highest BCUT2D eigenvalue weighted by Crippen LogP contribution is 2.26. The maximum atomic E-state index is 13.2. The average Bonchev–Trinajstić information content (AvgIpc) is 2.69. The van der Waals surface area contributed by atoms with Crippen LogP contribution in [-0.4, -0.2) is 31.6 Å². The van der Waals surface area contributed by atoms with E-state index in [0.717, 1.165) is 5.56 Å². The Kier molecular flexibility index (Phi) is 4.55. The number of nitrogens with zero attached hydrogens (tertiary/aromatic N) is 5. The first-order valence-corrected chi connectivity index (χ1v) is 8.97. The van der Waals surface area contributed by atoms with Crippen LogP contribution in [0.2, 0.25) is 0 Å². The van der Waals surface area contributed by atoms with Crippen LogP contribution in [0, 0.1) is 6.92 Å². The molecule has 0 unspecified atom stereocenters. The molecule has 8 heteroatoms. The van der Waals surface area contributed by atoms with Crippen LogP contribution < -0.4 is 10.3 Å². The topological polar surface area (TPSA) is 82.8 Å². The number of fused-ring (bicyclic) bond motifs is 1. The van der Waals surface area contributed by atoms with E-state index in [1.807, 2.05) is 25.1 Å². The zero-order chi connectivity index (χ0) is 18.8. The van der Waals surface area contributed by atoms with E-state index in [1.165, 1.54) is 23.4 Å². The molecular formula is C19H15N5O2S. The Morgan fingerprint density at radius 2 is 1.89 bits per heavy atom. The van der Waals surface area contributed by atoms with Gasteiger partial charge in [-0.3, -0.25) is 4.79 Å². The minimum atomic E-state index is -0.192. The predicted octanol–water partition coefficient (Wildman–Crippen LogP) is 3.04. The molecule has 7 nitrogen and oxygen atoms in total. The van der Waals surface area contributed by atoms with Crippen LogP contribution in [0.1, 0.15) is 5.56 Å². The van der Waals surface area contributed by atoms with Crippen molar-refractivity contribution in [3.05, 3.63) is 70.8 Å². The summed E-state index contributed by atoms with van der Waals surface area (Å²) in [6.07, 6.45) is 3.31. The minimum absolute atomic E-state index is 0.192. The Morgan fingerprint density at radius 1 is 1.04 bits per heavy atom. The summed E-state index contributed by atoms with van der Waals surface area (Å²) in [5.41, 5.74) is 1.42. The van der Waals surface area contributed by atoms with Gasteiger partial charge in [0.1, 0.15) is 5.82 Å². The first kappa shape index (κ1) is 17.2. The summed E-state index contributed by atoms with van der Waals surface area (Å²) >= 11 is 1.18. The summed E-state index contributed by atoms with van der Waals surface area (Å²) in [4.78, 5) is 30.7. The van der Waals surface area contributed by atoms with E-state index < -0.39 is 0 Å². The van der Waals surface area contributed by atoms with E-state index >= 15 is 0 Å². The summed E-state index contributed by atoms with van der Waals surface area (Å²) in [7, 11) is 1.54. The number of hydrogen-bond acceptors (Lipinski definition) is 7. The third-order valence-corrected chi connectivity index (χ3v) is 4.71. The molecule has 0 atom stereocenters. The fourth-order valence-corrected chi connectivity index (χ4v) is 3.37. The Bertz CT molecular complexity index is 1170. The SMILES string of the molecule is COc1ccnc(Sc2nc3ccccc3c(=O)n2-c2ccc(C)cn2)n1. The number of aryl methyl sites for hydroxylation is 1. The Hall–Kier alpha value is -3.26. The van der Waals surface area contributed by atoms with E-state index in [4.69, 9.17) is 4.74 Å². The number of rotatable bonds is 4. The van der Waals surface area contributed by atoms with Gasteiger partial charge in [-0.2, -0.15) is 4.98 Å². The average molecular weight is 377 g/mol. The standard InChI is InChI=1S/C19H15N5O2S/c1-12-7-8-15(21-11-12)24-17(25)13-5-3-4-6-14(13)22-19(24)27-18-20-10-9-16(23-18)26-2/h3-11H,1-2H3. The molecule has 0 saturated heterocycles. The molecule has 0 spiro atoms. The molecule has 4 rings (SSSR count). The monoisotopic (exact) mass is 377 g/mol. The van der Waals surface area contributed by atoms with E-state index in [9.17, 15) is 4.79 Å². The van der Waals surface area contributed by atoms with E-state index in [0.29, 0.717) is 32.9 Å². The second-order valence-corrected chi connectivity index (χ2v) is 6.66. The third-order valence-electron chi connectivity index (χ3n) is 3.87. The van der Waals surface area contributed by atoms with Crippen molar-refractivity contribution < 1.29 is 4.74 Å². The van der Waals surface area contributed by atoms with Gasteiger partial charge in [-0.1, -0.05) is 18.2 Å². The van der Waals surface area contributed by atoms with Gasteiger partial charge < -0.3 is 4.74 Å². The molecule has 0 N–H and O–H groups in total. The van der Waals surface area contributed by atoms with Gasteiger partial charge in [0.25, 0.3) is 5.56 Å². The molecule has 0 saturated carbocycles. The summed E-state index contributed by atoms with van der Waals surface area (Å²) in [6.45, 7) is 1.94. The van der Waals surface area contributed by atoms with Crippen molar-refractivity contribution in [2.24, 2.45) is 0 Å². The fourth-order valence-electron chi connectivity index (χ4n) is 2.54. The lowest BCUT2D eigenvalue weighted by molar-refractivity contribution is 0.392. The lowest BCUT2D eigenvalue weighted by Crippen LogP contribution is -2.22. The third kappa shape index (κ3) is 3.39. The first-order valence-electron chi connectivity index (χ1n) is 8.15. The number of benzene rings is 1. The molecular weight excluding hydrogens is 362 g/mol. The maximum Gasteiger partial charge on any atom is 0.267 e. The zero-order valence-corrected chi connectivity index (χ0v) is 15.5. The first-order chi connectivity index (χ1) is 13.2. The van der Waals surface area contributed by atoms with Crippen molar-refractivity contribution in [1.29, 1.82) is 0 Å². The largest absolute Gasteiger partial charge is 0.481 e. The number of pyridine rings is 1. The fraction of sp³-hybridized carbons (Fsp3) is 0.105. The quantitative estimate of drug-likeness (QED) is 0.506. The van der Waals surface area contributed by atoms with E-state index in [-0.39, 0.29) is 5.56 Å². The van der Waals surface area contributed by atoms with Gasteiger partial charge in [0.15, 0.2) is 10.3 Å². The Labute approximate surface area is 159 Å². The van der Waals surface area contributed by atoms with E-state index in [2.05, 4.69) is 19.9 Å². The lowest BCUT2D eigenvalue weighted by Gasteiger charge is -2.12. The number of aromatic nitrogens is 5. The minimum Gasteiger partial charge on any atom is -0.481 e. The second-order valence-electron chi connectivity index (χ2n) is 5.73. The van der Waals surface area contributed by atoms with Crippen molar-refractivity contribution in [3.63, 3.8) is 0 Å².